The molecule has 1 rings (SSSR count). The zero-order valence-electron chi connectivity index (χ0n) is 10.3. The molecule has 0 fully saturated rings. The SMILES string of the molecule is CC(C)(C)OC(=O)Cn1nc([N+](=O)[O-])cc1CCl. The van der Waals surface area contributed by atoms with Crippen molar-refractivity contribution in [1.82, 2.24) is 9.78 Å². The van der Waals surface area contributed by atoms with Gasteiger partial charge in [0.15, 0.2) is 6.54 Å². The second-order valence-corrected chi connectivity index (χ2v) is 4.90. The maximum absolute atomic E-state index is 11.6. The number of hydrogen-bond donors (Lipinski definition) is 0. The van der Waals surface area contributed by atoms with Gasteiger partial charge in [-0.1, -0.05) is 0 Å². The van der Waals surface area contributed by atoms with Crippen LogP contribution in [0.4, 0.5) is 5.82 Å². The molecule has 7 nitrogen and oxygen atoms in total. The first-order valence-corrected chi connectivity index (χ1v) is 5.75. The van der Waals surface area contributed by atoms with E-state index in [1.807, 2.05) is 0 Å². The zero-order chi connectivity index (χ0) is 13.9. The quantitative estimate of drug-likeness (QED) is 0.362. The number of ether oxygens (including phenoxy) is 1. The molecule has 1 aromatic rings. The monoisotopic (exact) mass is 275 g/mol. The fourth-order valence-corrected chi connectivity index (χ4v) is 1.49. The number of nitrogens with zero attached hydrogens (tertiary/aromatic N) is 3. The molecule has 0 unspecified atom stereocenters. The number of halogens is 1. The molecule has 0 N–H and O–H groups in total. The minimum Gasteiger partial charge on any atom is -0.459 e. The summed E-state index contributed by atoms with van der Waals surface area (Å²) in [7, 11) is 0. The molecule has 0 saturated heterocycles. The fourth-order valence-electron chi connectivity index (χ4n) is 1.27. The van der Waals surface area contributed by atoms with Gasteiger partial charge in [0.05, 0.1) is 22.7 Å². The highest BCUT2D eigenvalue weighted by Gasteiger charge is 2.22. The molecule has 0 amide bonds. The van der Waals surface area contributed by atoms with Gasteiger partial charge in [0.25, 0.3) is 0 Å². The Balaban J connectivity index is 2.83. The van der Waals surface area contributed by atoms with E-state index in [1.165, 1.54) is 10.7 Å². The van der Waals surface area contributed by atoms with Crippen molar-refractivity contribution in [2.75, 3.05) is 0 Å². The summed E-state index contributed by atoms with van der Waals surface area (Å²) in [5.74, 6) is -0.829. The van der Waals surface area contributed by atoms with Gasteiger partial charge in [-0.2, -0.15) is 4.68 Å². The topological polar surface area (TPSA) is 87.3 Å². The van der Waals surface area contributed by atoms with E-state index in [1.54, 1.807) is 20.8 Å². The van der Waals surface area contributed by atoms with Gasteiger partial charge in [0.2, 0.25) is 0 Å². The van der Waals surface area contributed by atoms with Crippen molar-refractivity contribution in [1.29, 1.82) is 0 Å². The average Bonchev–Trinajstić information content (AvgIpc) is 2.57. The van der Waals surface area contributed by atoms with Gasteiger partial charge in [-0.15, -0.1) is 11.6 Å². The Morgan fingerprint density at radius 2 is 2.22 bits per heavy atom. The molecule has 1 aromatic heterocycles. The predicted octanol–water partition coefficient (Wildman–Crippen LogP) is 1.87. The molecule has 1 heterocycles. The molecular formula is C10H14ClN3O4. The molecule has 0 bridgehead atoms. The standard InChI is InChI=1S/C10H14ClN3O4/c1-10(2,3)18-9(15)6-13-7(5-11)4-8(12-13)14(16)17/h4H,5-6H2,1-3H3. The van der Waals surface area contributed by atoms with E-state index in [9.17, 15) is 14.9 Å². The van der Waals surface area contributed by atoms with Crippen LogP contribution in [0.1, 0.15) is 26.5 Å². The molecule has 0 atom stereocenters. The molecule has 8 heteroatoms. The lowest BCUT2D eigenvalue weighted by Gasteiger charge is -2.19. The maximum atomic E-state index is 11.6. The highest BCUT2D eigenvalue weighted by molar-refractivity contribution is 6.16. The van der Waals surface area contributed by atoms with E-state index in [0.717, 1.165) is 0 Å². The van der Waals surface area contributed by atoms with Gasteiger partial charge in [-0.25, -0.2) is 4.79 Å². The second-order valence-electron chi connectivity index (χ2n) is 4.63. The summed E-state index contributed by atoms with van der Waals surface area (Å²) in [6.45, 7) is 5.00. The van der Waals surface area contributed by atoms with Crippen molar-refractivity contribution in [2.45, 2.75) is 38.8 Å². The van der Waals surface area contributed by atoms with E-state index in [2.05, 4.69) is 5.10 Å². The first-order valence-electron chi connectivity index (χ1n) is 5.22. The van der Waals surface area contributed by atoms with E-state index in [4.69, 9.17) is 16.3 Å². The second kappa shape index (κ2) is 5.34. The largest absolute Gasteiger partial charge is 0.459 e. The Bertz CT molecular complexity index is 464. The van der Waals surface area contributed by atoms with Crippen LogP contribution in [-0.2, 0) is 22.0 Å². The summed E-state index contributed by atoms with van der Waals surface area (Å²) in [5, 5.41) is 14.3. The molecule has 0 aliphatic carbocycles. The highest BCUT2D eigenvalue weighted by atomic mass is 35.5. The lowest BCUT2D eigenvalue weighted by molar-refractivity contribution is -0.389. The number of carbonyl (C=O) groups excluding carboxylic acids is 1. The Labute approximate surface area is 109 Å². The summed E-state index contributed by atoms with van der Waals surface area (Å²) in [4.78, 5) is 21.5. The minimum absolute atomic E-state index is 0.0314. The number of rotatable bonds is 4. The minimum atomic E-state index is -0.637. The fraction of sp³-hybridized carbons (Fsp3) is 0.600. The van der Waals surface area contributed by atoms with Crippen LogP contribution in [0.15, 0.2) is 6.07 Å². The van der Waals surface area contributed by atoms with Crippen molar-refractivity contribution in [3.8, 4) is 0 Å². The van der Waals surface area contributed by atoms with E-state index >= 15 is 0 Å². The number of aromatic nitrogens is 2. The van der Waals surface area contributed by atoms with Crippen LogP contribution in [0.2, 0.25) is 0 Å². The Morgan fingerprint density at radius 3 is 2.67 bits per heavy atom. The lowest BCUT2D eigenvalue weighted by atomic mass is 10.2. The normalized spacial score (nSPS) is 11.3. The predicted molar refractivity (Wildman–Crippen MR) is 64.3 cm³/mol. The third-order valence-electron chi connectivity index (χ3n) is 1.87. The van der Waals surface area contributed by atoms with Crippen molar-refractivity contribution in [3.05, 3.63) is 21.9 Å². The highest BCUT2D eigenvalue weighted by Crippen LogP contribution is 2.15. The number of carbonyl (C=O) groups is 1. The Hall–Kier alpha value is -1.63. The summed E-state index contributed by atoms with van der Waals surface area (Å²) in [6, 6.07) is 1.23. The molecule has 0 spiro atoms. The van der Waals surface area contributed by atoms with Crippen molar-refractivity contribution < 1.29 is 14.5 Å². The number of nitro groups is 1. The van der Waals surface area contributed by atoms with Crippen molar-refractivity contribution in [2.24, 2.45) is 0 Å². The summed E-state index contributed by atoms with van der Waals surface area (Å²) in [6.07, 6.45) is 0. The van der Waals surface area contributed by atoms with Crippen LogP contribution in [0.3, 0.4) is 0 Å². The van der Waals surface area contributed by atoms with Gasteiger partial charge in [-0.05, 0) is 25.7 Å². The first-order chi connectivity index (χ1) is 8.23. The Morgan fingerprint density at radius 1 is 1.61 bits per heavy atom. The van der Waals surface area contributed by atoms with E-state index in [-0.39, 0.29) is 18.2 Å². The molecule has 18 heavy (non-hydrogen) atoms. The molecule has 0 aromatic carbocycles. The summed E-state index contributed by atoms with van der Waals surface area (Å²) < 4.78 is 6.28. The number of alkyl halides is 1. The smallest absolute Gasteiger partial charge is 0.390 e. The Kier molecular flexibility index (Phi) is 4.28. The van der Waals surface area contributed by atoms with Gasteiger partial charge < -0.3 is 14.9 Å². The van der Waals surface area contributed by atoms with Crippen molar-refractivity contribution in [3.63, 3.8) is 0 Å². The van der Waals surface area contributed by atoms with Crippen LogP contribution in [0, 0.1) is 10.1 Å². The lowest BCUT2D eigenvalue weighted by Crippen LogP contribution is -2.27. The third-order valence-corrected chi connectivity index (χ3v) is 2.15. The average molecular weight is 276 g/mol. The summed E-state index contributed by atoms with van der Waals surface area (Å²) in [5.41, 5.74) is -0.216. The van der Waals surface area contributed by atoms with Crippen LogP contribution in [-0.4, -0.2) is 26.3 Å². The molecule has 0 aliphatic rings. The molecule has 0 aliphatic heterocycles. The van der Waals surface area contributed by atoms with E-state index in [0.29, 0.717) is 5.69 Å². The third kappa shape index (κ3) is 3.99. The van der Waals surface area contributed by atoms with Gasteiger partial charge in [-0.3, -0.25) is 0 Å². The first kappa shape index (κ1) is 14.4. The van der Waals surface area contributed by atoms with Crippen LogP contribution < -0.4 is 0 Å². The molecule has 0 saturated carbocycles. The molecular weight excluding hydrogens is 262 g/mol. The van der Waals surface area contributed by atoms with Gasteiger partial charge in [0, 0.05) is 0 Å². The molecule has 0 radical (unpaired) electrons. The summed E-state index contributed by atoms with van der Waals surface area (Å²) >= 11 is 5.63. The van der Waals surface area contributed by atoms with Gasteiger partial charge >= 0.3 is 11.8 Å². The number of esters is 1. The maximum Gasteiger partial charge on any atom is 0.390 e. The molecule has 100 valence electrons. The zero-order valence-corrected chi connectivity index (χ0v) is 11.1. The van der Waals surface area contributed by atoms with Gasteiger partial charge in [0.1, 0.15) is 5.60 Å². The number of hydrogen-bond acceptors (Lipinski definition) is 5. The van der Waals surface area contributed by atoms with Crippen LogP contribution >= 0.6 is 11.6 Å². The van der Waals surface area contributed by atoms with Crippen molar-refractivity contribution >= 4 is 23.4 Å². The van der Waals surface area contributed by atoms with Crippen LogP contribution in [0.5, 0.6) is 0 Å². The van der Waals surface area contributed by atoms with Crippen LogP contribution in [0.25, 0.3) is 0 Å². The van der Waals surface area contributed by atoms with E-state index < -0.39 is 16.5 Å².